The van der Waals surface area contributed by atoms with E-state index in [1.807, 2.05) is 51.1 Å². The molecule has 0 radical (unpaired) electrons. The van der Waals surface area contributed by atoms with Gasteiger partial charge in [0, 0.05) is 24.3 Å². The van der Waals surface area contributed by atoms with Gasteiger partial charge in [0.2, 0.25) is 11.8 Å². The Balaban J connectivity index is 1.50. The number of rotatable bonds is 3. The fourth-order valence-corrected chi connectivity index (χ4v) is 4.22. The van der Waals surface area contributed by atoms with Crippen LogP contribution < -0.4 is 10.2 Å². The highest BCUT2D eigenvalue weighted by molar-refractivity contribution is 7.22. The van der Waals surface area contributed by atoms with E-state index >= 15 is 0 Å². The van der Waals surface area contributed by atoms with Gasteiger partial charge in [-0.1, -0.05) is 29.0 Å². The van der Waals surface area contributed by atoms with Crippen molar-refractivity contribution in [3.63, 3.8) is 0 Å². The zero-order valence-electron chi connectivity index (χ0n) is 15.4. The molecule has 0 spiro atoms. The molecule has 1 atom stereocenters. The minimum absolute atomic E-state index is 0.0311. The number of hydrogen-bond donors (Lipinski definition) is 1. The van der Waals surface area contributed by atoms with Crippen LogP contribution in [0.1, 0.15) is 23.2 Å². The van der Waals surface area contributed by atoms with Crippen LogP contribution in [0.15, 0.2) is 30.3 Å². The number of amides is 2. The Morgan fingerprint density at radius 2 is 1.93 bits per heavy atom. The van der Waals surface area contributed by atoms with Gasteiger partial charge in [0.15, 0.2) is 10.8 Å². The average Bonchev–Trinajstić information content (AvgIpc) is 3.19. The molecule has 6 nitrogen and oxygen atoms in total. The van der Waals surface area contributed by atoms with E-state index in [2.05, 4.69) is 15.3 Å². The number of hydrogen-bond acceptors (Lipinski definition) is 5. The Hall–Kier alpha value is -2.80. The first-order valence-corrected chi connectivity index (χ1v) is 9.65. The lowest BCUT2D eigenvalue weighted by molar-refractivity contribution is -0.122. The number of benzene rings is 1. The summed E-state index contributed by atoms with van der Waals surface area (Å²) < 4.78 is 0.972. The highest BCUT2D eigenvalue weighted by Crippen LogP contribution is 2.30. The summed E-state index contributed by atoms with van der Waals surface area (Å²) in [6, 6.07) is 9.76. The van der Waals surface area contributed by atoms with Gasteiger partial charge < -0.3 is 10.2 Å². The van der Waals surface area contributed by atoms with Crippen LogP contribution in [0.3, 0.4) is 0 Å². The zero-order chi connectivity index (χ0) is 19.1. The largest absolute Gasteiger partial charge is 0.312 e. The van der Waals surface area contributed by atoms with Crippen LogP contribution in [0.2, 0.25) is 0 Å². The summed E-state index contributed by atoms with van der Waals surface area (Å²) in [6.45, 7) is 6.32. The third-order valence-electron chi connectivity index (χ3n) is 4.75. The highest BCUT2D eigenvalue weighted by Gasteiger charge is 2.35. The molecule has 3 aromatic rings. The molecule has 0 saturated carbocycles. The Kier molecular flexibility index (Phi) is 4.39. The van der Waals surface area contributed by atoms with E-state index in [9.17, 15) is 9.59 Å². The van der Waals surface area contributed by atoms with Gasteiger partial charge in [0.1, 0.15) is 0 Å². The van der Waals surface area contributed by atoms with Crippen LogP contribution in [0.4, 0.5) is 10.8 Å². The van der Waals surface area contributed by atoms with Crippen LogP contribution in [-0.4, -0.2) is 28.3 Å². The summed E-state index contributed by atoms with van der Waals surface area (Å²) in [4.78, 5) is 35.6. The molecule has 1 saturated heterocycles. The average molecular weight is 380 g/mol. The predicted molar refractivity (Wildman–Crippen MR) is 107 cm³/mol. The van der Waals surface area contributed by atoms with Crippen molar-refractivity contribution in [2.24, 2.45) is 5.92 Å². The summed E-state index contributed by atoms with van der Waals surface area (Å²) in [7, 11) is 0. The standard InChI is InChI=1S/C20H20N4O2S/c1-11-4-6-15(7-5-11)24-10-14(9-16(24)25)19(26)23-20-22-18-17(27-20)12(2)8-13(3)21-18/h4-8,14H,9-10H2,1-3H3,(H,21,22,23,26)/t14-/m1/s1. The normalized spacial score (nSPS) is 16.9. The minimum Gasteiger partial charge on any atom is -0.312 e. The van der Waals surface area contributed by atoms with E-state index in [0.717, 1.165) is 27.2 Å². The number of pyridine rings is 1. The first kappa shape index (κ1) is 17.6. The Bertz CT molecular complexity index is 1040. The molecule has 1 aromatic carbocycles. The molecule has 1 aliphatic heterocycles. The Labute approximate surface area is 161 Å². The number of nitrogens with one attached hydrogen (secondary N) is 1. The Morgan fingerprint density at radius 3 is 2.67 bits per heavy atom. The molecule has 2 amide bonds. The van der Waals surface area contributed by atoms with Crippen molar-refractivity contribution in [2.75, 3.05) is 16.8 Å². The Morgan fingerprint density at radius 1 is 1.19 bits per heavy atom. The number of fused-ring (bicyclic) bond motifs is 1. The second-order valence-corrected chi connectivity index (χ2v) is 7.98. The van der Waals surface area contributed by atoms with E-state index in [1.165, 1.54) is 11.3 Å². The minimum atomic E-state index is -0.387. The van der Waals surface area contributed by atoms with E-state index in [0.29, 0.717) is 17.3 Å². The summed E-state index contributed by atoms with van der Waals surface area (Å²) >= 11 is 1.42. The molecule has 0 aliphatic carbocycles. The number of aromatic nitrogens is 2. The maximum absolute atomic E-state index is 12.7. The first-order chi connectivity index (χ1) is 12.9. The van der Waals surface area contributed by atoms with Gasteiger partial charge in [-0.2, -0.15) is 4.98 Å². The monoisotopic (exact) mass is 380 g/mol. The number of carbonyl (C=O) groups excluding carboxylic acids is 2. The molecule has 138 valence electrons. The maximum atomic E-state index is 12.7. The number of aryl methyl sites for hydroxylation is 3. The molecule has 1 aliphatic rings. The number of nitrogens with zero attached hydrogens (tertiary/aromatic N) is 3. The molecule has 1 N–H and O–H groups in total. The van der Waals surface area contributed by atoms with Gasteiger partial charge in [-0.15, -0.1) is 0 Å². The van der Waals surface area contributed by atoms with E-state index in [1.54, 1.807) is 4.90 Å². The van der Waals surface area contributed by atoms with Gasteiger partial charge in [0.25, 0.3) is 0 Å². The van der Waals surface area contributed by atoms with Gasteiger partial charge in [-0.3, -0.25) is 9.59 Å². The summed E-state index contributed by atoms with van der Waals surface area (Å²) in [5, 5.41) is 3.40. The van der Waals surface area contributed by atoms with Crippen molar-refractivity contribution in [3.8, 4) is 0 Å². The van der Waals surface area contributed by atoms with Crippen LogP contribution in [0.5, 0.6) is 0 Å². The fraction of sp³-hybridized carbons (Fsp3) is 0.300. The zero-order valence-corrected chi connectivity index (χ0v) is 16.3. The smallest absolute Gasteiger partial charge is 0.231 e. The lowest BCUT2D eigenvalue weighted by Crippen LogP contribution is -2.28. The van der Waals surface area contributed by atoms with Crippen LogP contribution in [0, 0.1) is 26.7 Å². The van der Waals surface area contributed by atoms with Gasteiger partial charge >= 0.3 is 0 Å². The topological polar surface area (TPSA) is 75.2 Å². The van der Waals surface area contributed by atoms with E-state index in [4.69, 9.17) is 0 Å². The quantitative estimate of drug-likeness (QED) is 0.753. The van der Waals surface area contributed by atoms with Crippen molar-refractivity contribution in [2.45, 2.75) is 27.2 Å². The van der Waals surface area contributed by atoms with Gasteiger partial charge in [-0.25, -0.2) is 4.98 Å². The van der Waals surface area contributed by atoms with Crippen molar-refractivity contribution in [1.29, 1.82) is 0 Å². The molecule has 27 heavy (non-hydrogen) atoms. The van der Waals surface area contributed by atoms with Crippen LogP contribution in [-0.2, 0) is 9.59 Å². The molecule has 0 bridgehead atoms. The van der Waals surface area contributed by atoms with Crippen LogP contribution in [0.25, 0.3) is 10.3 Å². The molecule has 0 unspecified atom stereocenters. The lowest BCUT2D eigenvalue weighted by Gasteiger charge is -2.16. The van der Waals surface area contributed by atoms with E-state index in [-0.39, 0.29) is 24.2 Å². The number of carbonyl (C=O) groups is 2. The fourth-order valence-electron chi connectivity index (χ4n) is 3.34. The first-order valence-electron chi connectivity index (χ1n) is 8.83. The van der Waals surface area contributed by atoms with Gasteiger partial charge in [-0.05, 0) is 44.5 Å². The maximum Gasteiger partial charge on any atom is 0.231 e. The molecule has 3 heterocycles. The van der Waals surface area contributed by atoms with Gasteiger partial charge in [0.05, 0.1) is 10.6 Å². The predicted octanol–water partition coefficient (Wildman–Crippen LogP) is 3.61. The summed E-state index contributed by atoms with van der Waals surface area (Å²) in [6.07, 6.45) is 0.209. The van der Waals surface area contributed by atoms with Crippen molar-refractivity contribution >= 4 is 44.3 Å². The third-order valence-corrected chi connectivity index (χ3v) is 5.84. The SMILES string of the molecule is Cc1ccc(N2C[C@H](C(=O)Nc3nc4nc(C)cc(C)c4s3)CC2=O)cc1. The highest BCUT2D eigenvalue weighted by atomic mass is 32.1. The second kappa shape index (κ2) is 6.74. The third kappa shape index (κ3) is 3.42. The van der Waals surface area contributed by atoms with Crippen molar-refractivity contribution in [1.82, 2.24) is 9.97 Å². The molecule has 2 aromatic heterocycles. The van der Waals surface area contributed by atoms with Crippen molar-refractivity contribution < 1.29 is 9.59 Å². The molecule has 7 heteroatoms. The second-order valence-electron chi connectivity index (χ2n) is 6.98. The van der Waals surface area contributed by atoms with E-state index < -0.39 is 0 Å². The molecule has 1 fully saturated rings. The number of thiazole rings is 1. The molecular formula is C20H20N4O2S. The lowest BCUT2D eigenvalue weighted by atomic mass is 10.1. The summed E-state index contributed by atoms with van der Waals surface area (Å²) in [5.41, 5.74) is 4.61. The summed E-state index contributed by atoms with van der Waals surface area (Å²) in [5.74, 6) is -0.593. The van der Waals surface area contributed by atoms with Crippen molar-refractivity contribution in [3.05, 3.63) is 47.2 Å². The molecular weight excluding hydrogens is 360 g/mol. The van der Waals surface area contributed by atoms with Crippen LogP contribution >= 0.6 is 11.3 Å². The molecule has 4 rings (SSSR count). The number of anilines is 2.